The molecule has 1 aliphatic carbocycles. The van der Waals surface area contributed by atoms with Gasteiger partial charge in [0, 0.05) is 6.20 Å². The van der Waals surface area contributed by atoms with E-state index in [1.807, 2.05) is 54.7 Å². The van der Waals surface area contributed by atoms with E-state index < -0.39 is 0 Å². The maximum atomic E-state index is 12.6. The molecule has 3 aromatic rings. The molecular formula is C18H14N2O. The van der Waals surface area contributed by atoms with Crippen molar-refractivity contribution in [2.24, 2.45) is 0 Å². The minimum absolute atomic E-state index is 0.00498. The Balaban J connectivity index is 1.61. The molecule has 2 aromatic carbocycles. The molecule has 4 rings (SSSR count). The van der Waals surface area contributed by atoms with Gasteiger partial charge >= 0.3 is 0 Å². The van der Waals surface area contributed by atoms with E-state index in [1.165, 1.54) is 5.56 Å². The summed E-state index contributed by atoms with van der Waals surface area (Å²) in [5.41, 5.74) is 4.09. The number of rotatable bonds is 3. The lowest BCUT2D eigenvalue weighted by Gasteiger charge is -2.28. The van der Waals surface area contributed by atoms with Crippen molar-refractivity contribution in [3.63, 3.8) is 0 Å². The van der Waals surface area contributed by atoms with E-state index in [1.54, 1.807) is 10.9 Å². The van der Waals surface area contributed by atoms with Crippen molar-refractivity contribution in [3.05, 3.63) is 83.7 Å². The van der Waals surface area contributed by atoms with Crippen LogP contribution in [0.15, 0.2) is 67.0 Å². The summed E-state index contributed by atoms with van der Waals surface area (Å²) in [6.07, 6.45) is 4.32. The van der Waals surface area contributed by atoms with Gasteiger partial charge in [0.25, 0.3) is 0 Å². The Hall–Kier alpha value is -2.68. The molecule has 1 unspecified atom stereocenters. The van der Waals surface area contributed by atoms with Crippen molar-refractivity contribution >= 4 is 5.78 Å². The third-order valence-corrected chi connectivity index (χ3v) is 4.06. The van der Waals surface area contributed by atoms with Crippen molar-refractivity contribution in [3.8, 4) is 5.69 Å². The second kappa shape index (κ2) is 4.70. The lowest BCUT2D eigenvalue weighted by Crippen LogP contribution is -2.24. The van der Waals surface area contributed by atoms with Gasteiger partial charge in [0.05, 0.1) is 23.4 Å². The van der Waals surface area contributed by atoms with Gasteiger partial charge in [-0.1, -0.05) is 42.5 Å². The fourth-order valence-electron chi connectivity index (χ4n) is 2.87. The van der Waals surface area contributed by atoms with Crippen LogP contribution in [0.25, 0.3) is 5.69 Å². The van der Waals surface area contributed by atoms with Crippen LogP contribution < -0.4 is 0 Å². The van der Waals surface area contributed by atoms with Gasteiger partial charge < -0.3 is 0 Å². The molecule has 1 heterocycles. The third kappa shape index (κ3) is 1.98. The Morgan fingerprint density at radius 1 is 1.05 bits per heavy atom. The highest BCUT2D eigenvalue weighted by Crippen LogP contribution is 2.37. The maximum Gasteiger partial charge on any atom is 0.173 e. The van der Waals surface area contributed by atoms with Crippen molar-refractivity contribution in [1.29, 1.82) is 0 Å². The number of carbonyl (C=O) groups excluding carboxylic acids is 1. The number of carbonyl (C=O) groups is 1. The average Bonchev–Trinajstić information content (AvgIpc) is 2.99. The summed E-state index contributed by atoms with van der Waals surface area (Å²) in [6, 6.07) is 18.0. The number of Topliss-reactive ketones (excluding diaryl/α,β-unsaturated/α-hetero) is 1. The van der Waals surface area contributed by atoms with Crippen molar-refractivity contribution in [1.82, 2.24) is 9.78 Å². The minimum atomic E-state index is -0.00498. The molecule has 0 saturated heterocycles. The molecule has 102 valence electrons. The summed E-state index contributed by atoms with van der Waals surface area (Å²) >= 11 is 0. The molecule has 0 aliphatic heterocycles. The predicted molar refractivity (Wildman–Crippen MR) is 80.8 cm³/mol. The normalized spacial score (nSPS) is 16.1. The first-order valence-corrected chi connectivity index (χ1v) is 7.05. The molecular weight excluding hydrogens is 260 g/mol. The molecule has 1 aromatic heterocycles. The molecule has 0 N–H and O–H groups in total. The Labute approximate surface area is 122 Å². The zero-order valence-electron chi connectivity index (χ0n) is 11.4. The van der Waals surface area contributed by atoms with Crippen LogP contribution in [0.3, 0.4) is 0 Å². The minimum Gasteiger partial charge on any atom is -0.293 e. The highest BCUT2D eigenvalue weighted by atomic mass is 16.1. The number of fused-ring (bicyclic) bond motifs is 1. The molecule has 0 spiro atoms. The van der Waals surface area contributed by atoms with E-state index in [0.29, 0.717) is 5.56 Å². The van der Waals surface area contributed by atoms with Gasteiger partial charge in [-0.25, -0.2) is 4.68 Å². The molecule has 0 saturated carbocycles. The molecule has 21 heavy (non-hydrogen) atoms. The Morgan fingerprint density at radius 3 is 2.62 bits per heavy atom. The topological polar surface area (TPSA) is 34.9 Å². The first kappa shape index (κ1) is 12.1. The number of benzene rings is 2. The lowest BCUT2D eigenvalue weighted by atomic mass is 9.74. The van der Waals surface area contributed by atoms with Crippen LogP contribution in [-0.2, 0) is 6.42 Å². The first-order chi connectivity index (χ1) is 10.3. The first-order valence-electron chi connectivity index (χ1n) is 7.05. The van der Waals surface area contributed by atoms with Gasteiger partial charge in [0.2, 0.25) is 0 Å². The fourth-order valence-corrected chi connectivity index (χ4v) is 2.87. The van der Waals surface area contributed by atoms with E-state index in [4.69, 9.17) is 0 Å². The van der Waals surface area contributed by atoms with Crippen molar-refractivity contribution < 1.29 is 4.79 Å². The molecule has 3 heteroatoms. The second-order valence-electron chi connectivity index (χ2n) is 5.33. The van der Waals surface area contributed by atoms with Gasteiger partial charge in [-0.2, -0.15) is 5.10 Å². The number of ketones is 1. The van der Waals surface area contributed by atoms with Gasteiger partial charge in [-0.05, 0) is 29.7 Å². The SMILES string of the molecule is O=C(c1cnn(-c2ccccc2)c1)C1Cc2ccccc21. The number of aromatic nitrogens is 2. The quantitative estimate of drug-likeness (QED) is 0.686. The summed E-state index contributed by atoms with van der Waals surface area (Å²) in [5, 5.41) is 4.30. The molecule has 3 nitrogen and oxygen atoms in total. The van der Waals surface area contributed by atoms with Crippen LogP contribution >= 0.6 is 0 Å². The average molecular weight is 274 g/mol. The lowest BCUT2D eigenvalue weighted by molar-refractivity contribution is 0.0949. The molecule has 0 radical (unpaired) electrons. The van der Waals surface area contributed by atoms with Gasteiger partial charge in [0.1, 0.15) is 0 Å². The van der Waals surface area contributed by atoms with E-state index in [2.05, 4.69) is 11.2 Å². The smallest absolute Gasteiger partial charge is 0.173 e. The Bertz CT molecular complexity index is 805. The van der Waals surface area contributed by atoms with E-state index in [-0.39, 0.29) is 11.7 Å². The predicted octanol–water partition coefficient (Wildman–Crippen LogP) is 3.39. The van der Waals surface area contributed by atoms with Gasteiger partial charge in [-0.15, -0.1) is 0 Å². The highest BCUT2D eigenvalue weighted by Gasteiger charge is 2.32. The van der Waals surface area contributed by atoms with Crippen LogP contribution in [0, 0.1) is 0 Å². The van der Waals surface area contributed by atoms with Gasteiger partial charge in [0.15, 0.2) is 5.78 Å². The summed E-state index contributed by atoms with van der Waals surface area (Å²) in [7, 11) is 0. The Morgan fingerprint density at radius 2 is 1.81 bits per heavy atom. The second-order valence-corrected chi connectivity index (χ2v) is 5.33. The summed E-state index contributed by atoms with van der Waals surface area (Å²) in [6.45, 7) is 0. The standard InChI is InChI=1S/C18H14N2O/c21-18(17-10-13-6-4-5-9-16(13)17)14-11-19-20(12-14)15-7-2-1-3-8-15/h1-9,11-12,17H,10H2. The van der Waals surface area contributed by atoms with Crippen LogP contribution in [0.5, 0.6) is 0 Å². The van der Waals surface area contributed by atoms with E-state index in [9.17, 15) is 4.79 Å². The molecule has 0 bridgehead atoms. The van der Waals surface area contributed by atoms with Crippen LogP contribution in [0.2, 0.25) is 0 Å². The summed E-state index contributed by atoms with van der Waals surface area (Å²) in [5.74, 6) is 0.158. The third-order valence-electron chi connectivity index (χ3n) is 4.06. The molecule has 0 amide bonds. The van der Waals surface area contributed by atoms with Gasteiger partial charge in [-0.3, -0.25) is 4.79 Å². The number of hydrogen-bond donors (Lipinski definition) is 0. The van der Waals surface area contributed by atoms with Crippen molar-refractivity contribution in [2.75, 3.05) is 0 Å². The monoisotopic (exact) mass is 274 g/mol. The fraction of sp³-hybridized carbons (Fsp3) is 0.111. The molecule has 0 fully saturated rings. The zero-order chi connectivity index (χ0) is 14.2. The zero-order valence-corrected chi connectivity index (χ0v) is 11.4. The highest BCUT2D eigenvalue weighted by molar-refractivity contribution is 6.02. The summed E-state index contributed by atoms with van der Waals surface area (Å²) in [4.78, 5) is 12.6. The van der Waals surface area contributed by atoms with E-state index >= 15 is 0 Å². The Kier molecular flexibility index (Phi) is 2.71. The number of hydrogen-bond acceptors (Lipinski definition) is 2. The number of para-hydroxylation sites is 1. The summed E-state index contributed by atoms with van der Waals surface area (Å²) < 4.78 is 1.75. The van der Waals surface area contributed by atoms with Crippen LogP contribution in [-0.4, -0.2) is 15.6 Å². The molecule has 1 aliphatic rings. The largest absolute Gasteiger partial charge is 0.293 e. The van der Waals surface area contributed by atoms with Crippen molar-refractivity contribution in [2.45, 2.75) is 12.3 Å². The van der Waals surface area contributed by atoms with E-state index in [0.717, 1.165) is 17.7 Å². The molecule has 1 atom stereocenters. The van der Waals surface area contributed by atoms with Crippen LogP contribution in [0.1, 0.15) is 27.4 Å². The van der Waals surface area contributed by atoms with Crippen LogP contribution in [0.4, 0.5) is 0 Å². The number of nitrogens with zero attached hydrogens (tertiary/aromatic N) is 2. The maximum absolute atomic E-state index is 12.6.